The predicted octanol–water partition coefficient (Wildman–Crippen LogP) is 3.29. The van der Waals surface area contributed by atoms with Gasteiger partial charge in [-0.1, -0.05) is 42.5 Å². The van der Waals surface area contributed by atoms with E-state index >= 15 is 0 Å². The smallest absolute Gasteiger partial charge is 0.161 e. The summed E-state index contributed by atoms with van der Waals surface area (Å²) in [7, 11) is 3.62. The highest BCUT2D eigenvalue weighted by molar-refractivity contribution is 5.43. The molecule has 6 nitrogen and oxygen atoms in total. The standard InChI is InChI=1S/C26H33N3O3/c1-29(18-22-7-4-3-5-8-22)19-24(30)20-32-26-15-23(10-11-25(26)31-2)17-28-14-12-21-9-6-13-27-16-21/h3-11,13,15-16,24,28,30H,12,14,17-20H2,1-2H3/t24-/m0/s1. The number of aliphatic hydroxyl groups is 1. The van der Waals surface area contributed by atoms with Crippen LogP contribution in [-0.2, 0) is 19.5 Å². The molecule has 0 radical (unpaired) electrons. The highest BCUT2D eigenvalue weighted by atomic mass is 16.5. The van der Waals surface area contributed by atoms with Crippen molar-refractivity contribution in [2.45, 2.75) is 25.6 Å². The summed E-state index contributed by atoms with van der Waals surface area (Å²) in [5.41, 5.74) is 3.53. The summed E-state index contributed by atoms with van der Waals surface area (Å²) in [6.45, 7) is 3.09. The summed E-state index contributed by atoms with van der Waals surface area (Å²) in [4.78, 5) is 6.23. The molecule has 3 rings (SSSR count). The molecule has 2 aromatic carbocycles. The van der Waals surface area contributed by atoms with Crippen LogP contribution >= 0.6 is 0 Å². The summed E-state index contributed by atoms with van der Waals surface area (Å²) in [6.07, 6.45) is 4.00. The van der Waals surface area contributed by atoms with E-state index in [1.807, 2.05) is 55.7 Å². The molecule has 2 N–H and O–H groups in total. The van der Waals surface area contributed by atoms with Crippen LogP contribution in [-0.4, -0.2) is 54.9 Å². The van der Waals surface area contributed by atoms with Gasteiger partial charge in [-0.3, -0.25) is 9.88 Å². The number of aromatic nitrogens is 1. The Balaban J connectivity index is 1.45. The maximum atomic E-state index is 10.4. The Hall–Kier alpha value is -2.93. The zero-order valence-corrected chi connectivity index (χ0v) is 18.9. The maximum Gasteiger partial charge on any atom is 0.161 e. The normalized spacial score (nSPS) is 12.0. The summed E-state index contributed by atoms with van der Waals surface area (Å²) >= 11 is 0. The van der Waals surface area contributed by atoms with Crippen molar-refractivity contribution < 1.29 is 14.6 Å². The molecule has 0 aliphatic rings. The number of ether oxygens (including phenoxy) is 2. The van der Waals surface area contributed by atoms with Gasteiger partial charge in [0.1, 0.15) is 12.7 Å². The van der Waals surface area contributed by atoms with Crippen LogP contribution in [0.25, 0.3) is 0 Å². The molecule has 170 valence electrons. The van der Waals surface area contributed by atoms with E-state index in [1.54, 1.807) is 13.3 Å². The number of rotatable bonds is 13. The van der Waals surface area contributed by atoms with Gasteiger partial charge >= 0.3 is 0 Å². The number of aliphatic hydroxyl groups excluding tert-OH is 1. The highest BCUT2D eigenvalue weighted by Crippen LogP contribution is 2.28. The molecule has 0 aliphatic carbocycles. The Kier molecular flexibility index (Phi) is 9.50. The van der Waals surface area contributed by atoms with Gasteiger partial charge in [0.2, 0.25) is 0 Å². The molecule has 0 bridgehead atoms. The summed E-state index contributed by atoms with van der Waals surface area (Å²) in [5, 5.41) is 13.9. The molecule has 3 aromatic rings. The van der Waals surface area contributed by atoms with E-state index < -0.39 is 6.10 Å². The van der Waals surface area contributed by atoms with Gasteiger partial charge in [0.15, 0.2) is 11.5 Å². The van der Waals surface area contributed by atoms with Crippen molar-refractivity contribution >= 4 is 0 Å². The van der Waals surface area contributed by atoms with Crippen LogP contribution in [0.2, 0.25) is 0 Å². The first kappa shape index (κ1) is 23.7. The van der Waals surface area contributed by atoms with Crippen LogP contribution < -0.4 is 14.8 Å². The van der Waals surface area contributed by atoms with Crippen molar-refractivity contribution in [2.24, 2.45) is 0 Å². The zero-order chi connectivity index (χ0) is 22.6. The Morgan fingerprint density at radius 3 is 2.56 bits per heavy atom. The Labute approximate surface area is 190 Å². The van der Waals surface area contributed by atoms with Crippen LogP contribution in [0.4, 0.5) is 0 Å². The predicted molar refractivity (Wildman–Crippen MR) is 127 cm³/mol. The Bertz CT molecular complexity index is 922. The number of benzene rings is 2. The van der Waals surface area contributed by atoms with Crippen molar-refractivity contribution in [2.75, 3.05) is 33.9 Å². The number of nitrogens with zero attached hydrogens (tertiary/aromatic N) is 2. The fourth-order valence-electron chi connectivity index (χ4n) is 3.51. The third kappa shape index (κ3) is 7.96. The number of hydrogen-bond acceptors (Lipinski definition) is 6. The molecule has 0 amide bonds. The van der Waals surface area contributed by atoms with Crippen LogP contribution in [0, 0.1) is 0 Å². The lowest BCUT2D eigenvalue weighted by atomic mass is 10.2. The molecule has 0 spiro atoms. The molecule has 32 heavy (non-hydrogen) atoms. The van der Waals surface area contributed by atoms with Crippen LogP contribution in [0.1, 0.15) is 16.7 Å². The topological polar surface area (TPSA) is 66.8 Å². The van der Waals surface area contributed by atoms with E-state index in [4.69, 9.17) is 9.47 Å². The van der Waals surface area contributed by atoms with Crippen LogP contribution in [0.3, 0.4) is 0 Å². The average molecular weight is 436 g/mol. The SMILES string of the molecule is COc1ccc(CNCCc2cccnc2)cc1OC[C@@H](O)CN(C)Cc1ccccc1. The minimum absolute atomic E-state index is 0.202. The average Bonchev–Trinajstić information content (AvgIpc) is 2.82. The second kappa shape index (κ2) is 12.8. The van der Waals surface area contributed by atoms with Crippen molar-refractivity contribution in [3.8, 4) is 11.5 Å². The number of methoxy groups -OCH3 is 1. The second-order valence-corrected chi connectivity index (χ2v) is 7.92. The van der Waals surface area contributed by atoms with Gasteiger partial charge in [-0.2, -0.15) is 0 Å². The minimum atomic E-state index is -0.602. The lowest BCUT2D eigenvalue weighted by Gasteiger charge is -2.21. The molecular weight excluding hydrogens is 402 g/mol. The monoisotopic (exact) mass is 435 g/mol. The van der Waals surface area contributed by atoms with E-state index in [1.165, 1.54) is 11.1 Å². The zero-order valence-electron chi connectivity index (χ0n) is 18.9. The molecular formula is C26H33N3O3. The Morgan fingerprint density at radius 2 is 1.81 bits per heavy atom. The van der Waals surface area contributed by atoms with Gasteiger partial charge in [0.25, 0.3) is 0 Å². The van der Waals surface area contributed by atoms with Crippen LogP contribution in [0.15, 0.2) is 73.1 Å². The number of likely N-dealkylation sites (N-methyl/N-ethyl adjacent to an activating group) is 1. The largest absolute Gasteiger partial charge is 0.493 e. The number of nitrogens with one attached hydrogen (secondary N) is 1. The van der Waals surface area contributed by atoms with Gasteiger partial charge in [-0.15, -0.1) is 0 Å². The Morgan fingerprint density at radius 1 is 1.00 bits per heavy atom. The third-order valence-corrected chi connectivity index (χ3v) is 5.12. The van der Waals surface area contributed by atoms with Gasteiger partial charge in [0, 0.05) is 32.0 Å². The first-order chi connectivity index (χ1) is 15.6. The van der Waals surface area contributed by atoms with E-state index in [9.17, 15) is 5.11 Å². The molecule has 1 atom stereocenters. The van der Waals surface area contributed by atoms with Gasteiger partial charge in [0.05, 0.1) is 7.11 Å². The lowest BCUT2D eigenvalue weighted by Crippen LogP contribution is -2.32. The molecule has 0 fully saturated rings. The van der Waals surface area contributed by atoms with Gasteiger partial charge in [-0.25, -0.2) is 0 Å². The van der Waals surface area contributed by atoms with Crippen molar-refractivity contribution in [1.82, 2.24) is 15.2 Å². The van der Waals surface area contributed by atoms with Gasteiger partial charge < -0.3 is 19.9 Å². The summed E-state index contributed by atoms with van der Waals surface area (Å²) in [6, 6.07) is 20.1. The van der Waals surface area contributed by atoms with Crippen LogP contribution in [0.5, 0.6) is 11.5 Å². The first-order valence-electron chi connectivity index (χ1n) is 10.9. The molecule has 0 unspecified atom stereocenters. The van der Waals surface area contributed by atoms with E-state index in [2.05, 4.69) is 33.4 Å². The van der Waals surface area contributed by atoms with Crippen molar-refractivity contribution in [3.63, 3.8) is 0 Å². The lowest BCUT2D eigenvalue weighted by molar-refractivity contribution is 0.0732. The van der Waals surface area contributed by atoms with E-state index in [0.29, 0.717) is 18.0 Å². The number of pyridine rings is 1. The van der Waals surface area contributed by atoms with E-state index in [-0.39, 0.29) is 6.61 Å². The molecule has 6 heteroatoms. The van der Waals surface area contributed by atoms with Gasteiger partial charge in [-0.05, 0) is 54.9 Å². The second-order valence-electron chi connectivity index (χ2n) is 7.92. The van der Waals surface area contributed by atoms with E-state index in [0.717, 1.165) is 31.6 Å². The number of hydrogen-bond donors (Lipinski definition) is 2. The quantitative estimate of drug-likeness (QED) is 0.402. The first-order valence-corrected chi connectivity index (χ1v) is 10.9. The molecule has 1 aromatic heterocycles. The fourth-order valence-corrected chi connectivity index (χ4v) is 3.51. The molecule has 0 aliphatic heterocycles. The molecule has 0 saturated carbocycles. The fraction of sp³-hybridized carbons (Fsp3) is 0.346. The summed E-state index contributed by atoms with van der Waals surface area (Å²) < 4.78 is 11.4. The minimum Gasteiger partial charge on any atom is -0.493 e. The maximum absolute atomic E-state index is 10.4. The van der Waals surface area contributed by atoms with Crippen molar-refractivity contribution in [1.29, 1.82) is 0 Å². The highest BCUT2D eigenvalue weighted by Gasteiger charge is 2.12. The summed E-state index contributed by atoms with van der Waals surface area (Å²) in [5.74, 6) is 1.30. The van der Waals surface area contributed by atoms with Crippen molar-refractivity contribution in [3.05, 3.63) is 89.7 Å². The molecule has 0 saturated heterocycles. The molecule has 1 heterocycles. The third-order valence-electron chi connectivity index (χ3n) is 5.12.